The molecule has 0 aliphatic rings. The molecule has 0 fully saturated rings. The summed E-state index contributed by atoms with van der Waals surface area (Å²) in [6, 6.07) is 7.53. The number of hydrogen-bond acceptors (Lipinski definition) is 4. The van der Waals surface area contributed by atoms with Gasteiger partial charge in [-0.05, 0) is 42.7 Å². The first-order chi connectivity index (χ1) is 10.8. The normalized spacial score (nSPS) is 13.0. The molecule has 2 N–H and O–H groups in total. The van der Waals surface area contributed by atoms with E-state index in [-0.39, 0.29) is 5.82 Å². The lowest BCUT2D eigenvalue weighted by molar-refractivity contribution is 0.0656. The molecule has 8 heteroatoms. The number of carboxylic acid groups (broad SMARTS) is 1. The molecular formula is C15H16FNO5S. The second kappa shape index (κ2) is 6.93. The molecule has 0 saturated carbocycles. The molecular weight excluding hydrogens is 325 g/mol. The minimum Gasteiger partial charge on any atom is -0.475 e. The van der Waals surface area contributed by atoms with Crippen molar-refractivity contribution in [3.8, 4) is 0 Å². The van der Waals surface area contributed by atoms with Crippen LogP contribution in [0, 0.1) is 5.82 Å². The van der Waals surface area contributed by atoms with Gasteiger partial charge in [-0.15, -0.1) is 0 Å². The van der Waals surface area contributed by atoms with E-state index in [2.05, 4.69) is 4.72 Å². The van der Waals surface area contributed by atoms with Gasteiger partial charge in [0.1, 0.15) is 5.82 Å². The first-order valence-electron chi connectivity index (χ1n) is 6.91. The van der Waals surface area contributed by atoms with Crippen molar-refractivity contribution < 1.29 is 27.1 Å². The summed E-state index contributed by atoms with van der Waals surface area (Å²) >= 11 is 0. The maximum Gasteiger partial charge on any atom is 0.371 e. The van der Waals surface area contributed by atoms with E-state index in [1.807, 2.05) is 6.92 Å². The van der Waals surface area contributed by atoms with E-state index in [1.165, 1.54) is 12.1 Å². The Balaban J connectivity index is 2.12. The summed E-state index contributed by atoms with van der Waals surface area (Å²) in [5, 5.41) is 8.32. The van der Waals surface area contributed by atoms with E-state index in [0.717, 1.165) is 17.7 Å². The number of sulfonamides is 1. The second-order valence-corrected chi connectivity index (χ2v) is 6.63. The summed E-state index contributed by atoms with van der Waals surface area (Å²) in [5.74, 6) is -2.15. The monoisotopic (exact) mass is 341 g/mol. The predicted octanol–water partition coefficient (Wildman–Crippen LogP) is 2.42. The van der Waals surface area contributed by atoms with Crippen LogP contribution in [0.25, 0.3) is 0 Å². The Kier molecular flexibility index (Phi) is 5.17. The summed E-state index contributed by atoms with van der Waals surface area (Å²) in [5.41, 5.74) is 0.784. The van der Waals surface area contributed by atoms with Crippen molar-refractivity contribution >= 4 is 16.0 Å². The molecule has 124 valence electrons. The van der Waals surface area contributed by atoms with E-state index < -0.39 is 32.9 Å². The quantitative estimate of drug-likeness (QED) is 0.806. The minimum atomic E-state index is -3.97. The first-order valence-corrected chi connectivity index (χ1v) is 8.40. The number of halogens is 1. The summed E-state index contributed by atoms with van der Waals surface area (Å²) in [4.78, 5) is 10.7. The molecule has 1 aromatic carbocycles. The Hall–Kier alpha value is -2.19. The number of carboxylic acids is 1. The Morgan fingerprint density at radius 2 is 1.91 bits per heavy atom. The number of rotatable bonds is 7. The van der Waals surface area contributed by atoms with Crippen molar-refractivity contribution in [1.29, 1.82) is 0 Å². The molecule has 1 heterocycles. The van der Waals surface area contributed by atoms with Crippen molar-refractivity contribution in [2.45, 2.75) is 30.9 Å². The third kappa shape index (κ3) is 4.40. The number of nitrogens with one attached hydrogen (secondary N) is 1. The highest BCUT2D eigenvalue weighted by atomic mass is 32.2. The summed E-state index contributed by atoms with van der Waals surface area (Å²) < 4.78 is 44.6. The Labute approximate surface area is 133 Å². The maximum atomic E-state index is 12.9. The van der Waals surface area contributed by atoms with E-state index in [1.54, 1.807) is 12.1 Å². The van der Waals surface area contributed by atoms with E-state index in [4.69, 9.17) is 9.52 Å². The fraction of sp³-hybridized carbons (Fsp3) is 0.267. The van der Waals surface area contributed by atoms with Gasteiger partial charge in [0.05, 0.1) is 0 Å². The molecule has 0 bridgehead atoms. The molecule has 0 amide bonds. The third-order valence-electron chi connectivity index (χ3n) is 3.27. The van der Waals surface area contributed by atoms with Crippen molar-refractivity contribution in [2.24, 2.45) is 0 Å². The van der Waals surface area contributed by atoms with Crippen LogP contribution < -0.4 is 4.72 Å². The van der Waals surface area contributed by atoms with Crippen LogP contribution in [0.15, 0.2) is 45.9 Å². The summed E-state index contributed by atoms with van der Waals surface area (Å²) in [7, 11) is -3.97. The van der Waals surface area contributed by atoms with Gasteiger partial charge in [-0.2, -0.15) is 0 Å². The zero-order valence-electron chi connectivity index (χ0n) is 12.3. The van der Waals surface area contributed by atoms with Crippen LogP contribution in [0.2, 0.25) is 0 Å². The molecule has 1 atom stereocenters. The number of carbonyl (C=O) groups is 1. The fourth-order valence-corrected chi connectivity index (χ4v) is 3.28. The maximum absolute atomic E-state index is 12.9. The summed E-state index contributed by atoms with van der Waals surface area (Å²) in [6.45, 7) is 1.81. The largest absolute Gasteiger partial charge is 0.475 e. The predicted molar refractivity (Wildman–Crippen MR) is 80.2 cm³/mol. The molecule has 1 unspecified atom stereocenters. The van der Waals surface area contributed by atoms with Crippen LogP contribution in [0.1, 0.15) is 29.5 Å². The van der Waals surface area contributed by atoms with Crippen LogP contribution in [-0.2, 0) is 16.4 Å². The van der Waals surface area contributed by atoms with Gasteiger partial charge in [-0.1, -0.05) is 19.1 Å². The molecule has 23 heavy (non-hydrogen) atoms. The van der Waals surface area contributed by atoms with Gasteiger partial charge in [-0.25, -0.2) is 22.3 Å². The SMILES string of the molecule is CCC(Cc1ccc(F)cc1)NS(=O)(=O)c1ccc(C(=O)O)o1. The lowest BCUT2D eigenvalue weighted by Gasteiger charge is -2.16. The number of aromatic carboxylic acids is 1. The van der Waals surface area contributed by atoms with E-state index in [0.29, 0.717) is 12.8 Å². The number of benzene rings is 1. The fourth-order valence-electron chi connectivity index (χ4n) is 2.03. The number of hydrogen-bond donors (Lipinski definition) is 2. The zero-order chi connectivity index (χ0) is 17.0. The van der Waals surface area contributed by atoms with Crippen molar-refractivity contribution in [2.75, 3.05) is 0 Å². The van der Waals surface area contributed by atoms with Crippen molar-refractivity contribution in [3.05, 3.63) is 53.5 Å². The lowest BCUT2D eigenvalue weighted by atomic mass is 10.1. The summed E-state index contributed by atoms with van der Waals surface area (Å²) in [6.07, 6.45) is 0.881. The second-order valence-electron chi connectivity index (χ2n) is 4.98. The smallest absolute Gasteiger partial charge is 0.371 e. The first kappa shape index (κ1) is 17.2. The highest BCUT2D eigenvalue weighted by Crippen LogP contribution is 2.16. The van der Waals surface area contributed by atoms with E-state index >= 15 is 0 Å². The third-order valence-corrected chi connectivity index (χ3v) is 4.66. The molecule has 0 spiro atoms. The van der Waals surface area contributed by atoms with Gasteiger partial charge < -0.3 is 9.52 Å². The molecule has 1 aromatic heterocycles. The minimum absolute atomic E-state index is 0.362. The Bertz CT molecular complexity index is 782. The molecule has 2 rings (SSSR count). The van der Waals surface area contributed by atoms with Crippen LogP contribution >= 0.6 is 0 Å². The highest BCUT2D eigenvalue weighted by molar-refractivity contribution is 7.89. The zero-order valence-corrected chi connectivity index (χ0v) is 13.1. The van der Waals surface area contributed by atoms with Gasteiger partial charge in [0, 0.05) is 6.04 Å². The van der Waals surface area contributed by atoms with Crippen LogP contribution in [0.5, 0.6) is 0 Å². The van der Waals surface area contributed by atoms with Crippen LogP contribution in [0.3, 0.4) is 0 Å². The van der Waals surface area contributed by atoms with Gasteiger partial charge in [0.2, 0.25) is 10.9 Å². The van der Waals surface area contributed by atoms with Gasteiger partial charge >= 0.3 is 5.97 Å². The van der Waals surface area contributed by atoms with Gasteiger partial charge in [0.15, 0.2) is 0 Å². The molecule has 0 aliphatic carbocycles. The van der Waals surface area contributed by atoms with Crippen molar-refractivity contribution in [3.63, 3.8) is 0 Å². The van der Waals surface area contributed by atoms with E-state index in [9.17, 15) is 17.6 Å². The molecule has 0 saturated heterocycles. The Morgan fingerprint density at radius 1 is 1.26 bits per heavy atom. The molecule has 6 nitrogen and oxygen atoms in total. The Morgan fingerprint density at radius 3 is 2.43 bits per heavy atom. The molecule has 2 aromatic rings. The lowest BCUT2D eigenvalue weighted by Crippen LogP contribution is -2.35. The topological polar surface area (TPSA) is 96.6 Å². The average Bonchev–Trinajstić information content (AvgIpc) is 2.99. The standard InChI is InChI=1S/C15H16FNO5S/c1-2-12(9-10-3-5-11(16)6-4-10)17-23(20,21)14-8-7-13(22-14)15(18)19/h3-8,12,17H,2,9H2,1H3,(H,18,19). The molecule has 0 aliphatic heterocycles. The average molecular weight is 341 g/mol. The van der Waals surface area contributed by atoms with Crippen LogP contribution in [-0.4, -0.2) is 25.5 Å². The van der Waals surface area contributed by atoms with Crippen LogP contribution in [0.4, 0.5) is 4.39 Å². The van der Waals surface area contributed by atoms with Crippen molar-refractivity contribution in [1.82, 2.24) is 4.72 Å². The highest BCUT2D eigenvalue weighted by Gasteiger charge is 2.24. The molecule has 0 radical (unpaired) electrons. The van der Waals surface area contributed by atoms with Gasteiger partial charge in [0.25, 0.3) is 10.0 Å². The van der Waals surface area contributed by atoms with Gasteiger partial charge in [-0.3, -0.25) is 0 Å². The number of furan rings is 1.